The number of nitrogens with one attached hydrogen (secondary N) is 1. The second-order valence-corrected chi connectivity index (χ2v) is 4.62. The quantitative estimate of drug-likeness (QED) is 0.556. The molecule has 3 fully saturated rings. The van der Waals surface area contributed by atoms with Crippen LogP contribution in [0.1, 0.15) is 32.1 Å². The van der Waals surface area contributed by atoms with E-state index < -0.39 is 0 Å². The van der Waals surface area contributed by atoms with Gasteiger partial charge in [0.2, 0.25) is 0 Å². The first kappa shape index (κ1) is 6.47. The minimum absolute atomic E-state index is 0.947. The van der Waals surface area contributed by atoms with Crippen molar-refractivity contribution < 1.29 is 0 Å². The SMILES string of the molecule is C1CNC2C(C1)CCC1CC12. The van der Waals surface area contributed by atoms with E-state index in [0.717, 1.165) is 23.8 Å². The predicted octanol–water partition coefficient (Wildman–Crippen LogP) is 1.78. The largest absolute Gasteiger partial charge is 0.313 e. The summed E-state index contributed by atoms with van der Waals surface area (Å²) in [6.45, 7) is 1.30. The standard InChI is InChI=1S/C10H17N/c1-2-7-3-4-8-6-9(8)10(7)11-5-1/h7-11H,1-6H2. The summed E-state index contributed by atoms with van der Waals surface area (Å²) in [5, 5.41) is 3.71. The van der Waals surface area contributed by atoms with E-state index in [1.807, 2.05) is 0 Å². The molecular weight excluding hydrogens is 134 g/mol. The molecule has 1 aliphatic heterocycles. The van der Waals surface area contributed by atoms with Gasteiger partial charge in [0.15, 0.2) is 0 Å². The lowest BCUT2D eigenvalue weighted by Gasteiger charge is -2.36. The van der Waals surface area contributed by atoms with E-state index in [9.17, 15) is 0 Å². The van der Waals surface area contributed by atoms with E-state index in [1.54, 1.807) is 12.8 Å². The highest BCUT2D eigenvalue weighted by molar-refractivity contribution is 5.03. The summed E-state index contributed by atoms with van der Waals surface area (Å²) in [5.74, 6) is 3.31. The molecule has 11 heavy (non-hydrogen) atoms. The van der Waals surface area contributed by atoms with Gasteiger partial charge in [-0.3, -0.25) is 0 Å². The molecule has 0 amide bonds. The van der Waals surface area contributed by atoms with E-state index in [-0.39, 0.29) is 0 Å². The van der Waals surface area contributed by atoms with Crippen LogP contribution >= 0.6 is 0 Å². The fraction of sp³-hybridized carbons (Fsp3) is 1.00. The van der Waals surface area contributed by atoms with Gasteiger partial charge in [0.1, 0.15) is 0 Å². The maximum absolute atomic E-state index is 3.71. The van der Waals surface area contributed by atoms with E-state index in [2.05, 4.69) is 5.32 Å². The van der Waals surface area contributed by atoms with Crippen LogP contribution < -0.4 is 5.32 Å². The molecule has 3 aliphatic rings. The van der Waals surface area contributed by atoms with Crippen molar-refractivity contribution in [3.8, 4) is 0 Å². The monoisotopic (exact) mass is 151 g/mol. The molecule has 0 radical (unpaired) electrons. The molecule has 0 aromatic carbocycles. The first-order chi connectivity index (χ1) is 5.45. The summed E-state index contributed by atoms with van der Waals surface area (Å²) in [7, 11) is 0. The highest BCUT2D eigenvalue weighted by Crippen LogP contribution is 2.52. The fourth-order valence-corrected chi connectivity index (χ4v) is 3.27. The van der Waals surface area contributed by atoms with Gasteiger partial charge in [0.25, 0.3) is 0 Å². The zero-order valence-corrected chi connectivity index (χ0v) is 7.05. The van der Waals surface area contributed by atoms with Crippen molar-refractivity contribution in [1.29, 1.82) is 0 Å². The molecular formula is C10H17N. The highest BCUT2D eigenvalue weighted by Gasteiger charge is 2.49. The Balaban J connectivity index is 1.76. The molecule has 1 saturated heterocycles. The molecule has 2 aliphatic carbocycles. The number of hydrogen-bond donors (Lipinski definition) is 1. The Morgan fingerprint density at radius 3 is 2.91 bits per heavy atom. The molecule has 4 unspecified atom stereocenters. The van der Waals surface area contributed by atoms with Gasteiger partial charge in [-0.25, -0.2) is 0 Å². The van der Waals surface area contributed by atoms with Crippen LogP contribution in [-0.4, -0.2) is 12.6 Å². The smallest absolute Gasteiger partial charge is 0.0126 e. The zero-order valence-electron chi connectivity index (χ0n) is 7.05. The van der Waals surface area contributed by atoms with Crippen molar-refractivity contribution in [2.45, 2.75) is 38.1 Å². The number of fused-ring (bicyclic) bond motifs is 3. The summed E-state index contributed by atoms with van der Waals surface area (Å²) < 4.78 is 0. The molecule has 0 spiro atoms. The second kappa shape index (κ2) is 2.22. The molecule has 0 aromatic rings. The lowest BCUT2D eigenvalue weighted by molar-refractivity contribution is 0.199. The molecule has 2 saturated carbocycles. The summed E-state index contributed by atoms with van der Waals surface area (Å²) in [6, 6.07) is 0.947. The van der Waals surface area contributed by atoms with E-state index in [4.69, 9.17) is 0 Å². The Bertz CT molecular complexity index is 166. The molecule has 62 valence electrons. The Kier molecular flexibility index (Phi) is 1.31. The Hall–Kier alpha value is -0.0400. The van der Waals surface area contributed by atoms with Gasteiger partial charge in [-0.2, -0.15) is 0 Å². The summed E-state index contributed by atoms with van der Waals surface area (Å²) in [5.41, 5.74) is 0. The van der Waals surface area contributed by atoms with Crippen molar-refractivity contribution in [1.82, 2.24) is 5.32 Å². The third kappa shape index (κ3) is 0.936. The third-order valence-electron chi connectivity index (χ3n) is 3.99. The van der Waals surface area contributed by atoms with Gasteiger partial charge in [0.05, 0.1) is 0 Å². The molecule has 4 atom stereocenters. The van der Waals surface area contributed by atoms with E-state index in [0.29, 0.717) is 0 Å². The van der Waals surface area contributed by atoms with Crippen LogP contribution in [-0.2, 0) is 0 Å². The Morgan fingerprint density at radius 1 is 1.00 bits per heavy atom. The molecule has 1 N–H and O–H groups in total. The van der Waals surface area contributed by atoms with Crippen LogP contribution in [0.15, 0.2) is 0 Å². The van der Waals surface area contributed by atoms with E-state index >= 15 is 0 Å². The van der Waals surface area contributed by atoms with Gasteiger partial charge in [-0.1, -0.05) is 0 Å². The van der Waals surface area contributed by atoms with Crippen molar-refractivity contribution in [3.05, 3.63) is 0 Å². The maximum Gasteiger partial charge on any atom is 0.0126 e. The van der Waals surface area contributed by atoms with Crippen LogP contribution in [0, 0.1) is 17.8 Å². The average Bonchev–Trinajstić information content (AvgIpc) is 2.83. The first-order valence-corrected chi connectivity index (χ1v) is 5.18. The minimum atomic E-state index is 0.947. The van der Waals surface area contributed by atoms with Gasteiger partial charge in [0, 0.05) is 6.04 Å². The summed E-state index contributed by atoms with van der Waals surface area (Å²) >= 11 is 0. The fourth-order valence-electron chi connectivity index (χ4n) is 3.27. The zero-order chi connectivity index (χ0) is 7.26. The maximum atomic E-state index is 3.71. The summed E-state index contributed by atoms with van der Waals surface area (Å²) in [6.07, 6.45) is 7.57. The average molecular weight is 151 g/mol. The van der Waals surface area contributed by atoms with Crippen LogP contribution in [0.4, 0.5) is 0 Å². The van der Waals surface area contributed by atoms with Crippen LogP contribution in [0.5, 0.6) is 0 Å². The molecule has 1 heterocycles. The number of hydrogen-bond acceptors (Lipinski definition) is 1. The first-order valence-electron chi connectivity index (χ1n) is 5.18. The lowest BCUT2D eigenvalue weighted by Crippen LogP contribution is -2.44. The Morgan fingerprint density at radius 2 is 1.91 bits per heavy atom. The van der Waals surface area contributed by atoms with Gasteiger partial charge >= 0.3 is 0 Å². The highest BCUT2D eigenvalue weighted by atomic mass is 15.0. The van der Waals surface area contributed by atoms with Crippen molar-refractivity contribution in [2.75, 3.05) is 6.54 Å². The minimum Gasteiger partial charge on any atom is -0.313 e. The molecule has 1 nitrogen and oxygen atoms in total. The third-order valence-corrected chi connectivity index (χ3v) is 3.99. The molecule has 0 aromatic heterocycles. The van der Waals surface area contributed by atoms with Crippen molar-refractivity contribution >= 4 is 0 Å². The van der Waals surface area contributed by atoms with Gasteiger partial charge in [-0.15, -0.1) is 0 Å². The molecule has 0 bridgehead atoms. The van der Waals surface area contributed by atoms with Gasteiger partial charge in [-0.05, 0) is 56.4 Å². The normalized spacial score (nSPS) is 54.5. The van der Waals surface area contributed by atoms with E-state index in [1.165, 1.54) is 25.8 Å². The predicted molar refractivity (Wildman–Crippen MR) is 45.3 cm³/mol. The molecule has 1 heteroatoms. The van der Waals surface area contributed by atoms with Crippen molar-refractivity contribution in [2.24, 2.45) is 17.8 Å². The lowest BCUT2D eigenvalue weighted by atomic mass is 9.79. The topological polar surface area (TPSA) is 12.0 Å². The summed E-state index contributed by atoms with van der Waals surface area (Å²) in [4.78, 5) is 0. The van der Waals surface area contributed by atoms with Crippen LogP contribution in [0.3, 0.4) is 0 Å². The number of piperidine rings is 1. The number of rotatable bonds is 0. The van der Waals surface area contributed by atoms with Crippen LogP contribution in [0.25, 0.3) is 0 Å². The van der Waals surface area contributed by atoms with Crippen LogP contribution in [0.2, 0.25) is 0 Å². The van der Waals surface area contributed by atoms with Crippen molar-refractivity contribution in [3.63, 3.8) is 0 Å². The second-order valence-electron chi connectivity index (χ2n) is 4.62. The Labute approximate surface area is 68.6 Å². The molecule has 3 rings (SSSR count). The van der Waals surface area contributed by atoms with Gasteiger partial charge < -0.3 is 5.32 Å².